The lowest BCUT2D eigenvalue weighted by atomic mass is 10.1. The Hall–Kier alpha value is -3.58. The van der Waals surface area contributed by atoms with Crippen molar-refractivity contribution in [2.24, 2.45) is 0 Å². The number of hydrogen-bond acceptors (Lipinski definition) is 5. The van der Waals surface area contributed by atoms with Crippen molar-refractivity contribution < 1.29 is 23.5 Å². The predicted molar refractivity (Wildman–Crippen MR) is 112 cm³/mol. The van der Waals surface area contributed by atoms with Crippen molar-refractivity contribution >= 4 is 17.5 Å². The van der Waals surface area contributed by atoms with Gasteiger partial charge in [-0.05, 0) is 42.3 Å². The minimum Gasteiger partial charge on any atom is -0.484 e. The van der Waals surface area contributed by atoms with Crippen LogP contribution in [0.5, 0.6) is 5.75 Å². The summed E-state index contributed by atoms with van der Waals surface area (Å²) < 4.78 is 16.0. The maximum Gasteiger partial charge on any atom is 0.291 e. The summed E-state index contributed by atoms with van der Waals surface area (Å²) in [5, 5.41) is 5.53. The highest BCUT2D eigenvalue weighted by Crippen LogP contribution is 2.18. The molecule has 0 bridgehead atoms. The van der Waals surface area contributed by atoms with Gasteiger partial charge < -0.3 is 24.5 Å². The lowest BCUT2D eigenvalue weighted by Crippen LogP contribution is -2.28. The molecular weight excluding hydrogens is 384 g/mol. The molecule has 7 heteroatoms. The van der Waals surface area contributed by atoms with E-state index in [9.17, 15) is 9.59 Å². The summed E-state index contributed by atoms with van der Waals surface area (Å²) in [5.41, 5.74) is 2.63. The van der Waals surface area contributed by atoms with E-state index in [2.05, 4.69) is 10.6 Å². The maximum absolute atomic E-state index is 12.1. The largest absolute Gasteiger partial charge is 0.484 e. The number of carbonyl (C=O) groups is 2. The maximum atomic E-state index is 12.1. The number of rotatable bonds is 10. The molecule has 3 aromatic rings. The molecule has 0 unspecified atom stereocenters. The lowest BCUT2D eigenvalue weighted by Gasteiger charge is -2.10. The van der Waals surface area contributed by atoms with Crippen molar-refractivity contribution in [3.63, 3.8) is 0 Å². The number of ether oxygens (including phenoxy) is 2. The fourth-order valence-electron chi connectivity index (χ4n) is 2.64. The molecule has 0 aliphatic carbocycles. The van der Waals surface area contributed by atoms with Gasteiger partial charge >= 0.3 is 0 Å². The van der Waals surface area contributed by atoms with Gasteiger partial charge in [-0.25, -0.2) is 0 Å². The molecule has 0 aliphatic heterocycles. The summed E-state index contributed by atoms with van der Waals surface area (Å²) in [6, 6.07) is 17.9. The average Bonchev–Trinajstić information content (AvgIpc) is 3.31. The lowest BCUT2D eigenvalue weighted by molar-refractivity contribution is -0.123. The Kier molecular flexibility index (Phi) is 7.63. The van der Waals surface area contributed by atoms with E-state index in [0.29, 0.717) is 31.2 Å². The number of carbonyl (C=O) groups excluding carboxylic acids is 2. The molecule has 0 radical (unpaired) electrons. The summed E-state index contributed by atoms with van der Waals surface area (Å²) >= 11 is 0. The molecule has 156 valence electrons. The number of nitrogens with one attached hydrogen (secondary N) is 2. The Morgan fingerprint density at radius 1 is 1.00 bits per heavy atom. The van der Waals surface area contributed by atoms with E-state index in [0.717, 1.165) is 11.1 Å². The Bertz CT molecular complexity index is 952. The standard InChI is InChI=1S/C23H24N2O5/c1-2-28-15-18-10-8-17(9-11-18)14-24-22(26)16-30-20-6-3-5-19(13-20)25-23(27)21-7-4-12-29-21/h3-13H,2,14-16H2,1H3,(H,24,26)(H,25,27). The molecule has 0 atom stereocenters. The second kappa shape index (κ2) is 10.8. The van der Waals surface area contributed by atoms with Crippen molar-refractivity contribution in [2.45, 2.75) is 20.1 Å². The molecule has 2 N–H and O–H groups in total. The summed E-state index contributed by atoms with van der Waals surface area (Å²) in [7, 11) is 0. The van der Waals surface area contributed by atoms with Gasteiger partial charge in [-0.15, -0.1) is 0 Å². The zero-order valence-electron chi connectivity index (χ0n) is 16.7. The van der Waals surface area contributed by atoms with Crippen LogP contribution in [0, 0.1) is 0 Å². The Morgan fingerprint density at radius 3 is 2.53 bits per heavy atom. The SMILES string of the molecule is CCOCc1ccc(CNC(=O)COc2cccc(NC(=O)c3ccco3)c2)cc1. The number of amides is 2. The molecule has 1 aromatic heterocycles. The fourth-order valence-corrected chi connectivity index (χ4v) is 2.64. The van der Waals surface area contributed by atoms with Crippen LogP contribution in [-0.2, 0) is 22.7 Å². The van der Waals surface area contributed by atoms with Gasteiger partial charge in [0, 0.05) is 24.9 Å². The van der Waals surface area contributed by atoms with Crippen LogP contribution in [0.25, 0.3) is 0 Å². The van der Waals surface area contributed by atoms with Crippen LogP contribution in [0.15, 0.2) is 71.3 Å². The molecule has 1 heterocycles. The molecule has 3 rings (SSSR count). The van der Waals surface area contributed by atoms with Crippen LogP contribution >= 0.6 is 0 Å². The van der Waals surface area contributed by atoms with E-state index >= 15 is 0 Å². The van der Waals surface area contributed by atoms with Crippen LogP contribution in [-0.4, -0.2) is 25.0 Å². The molecule has 7 nitrogen and oxygen atoms in total. The van der Waals surface area contributed by atoms with Gasteiger partial charge in [0.05, 0.1) is 12.9 Å². The molecule has 0 aliphatic rings. The predicted octanol–water partition coefficient (Wildman–Crippen LogP) is 3.76. The topological polar surface area (TPSA) is 89.8 Å². The first-order valence-corrected chi connectivity index (χ1v) is 9.64. The highest BCUT2D eigenvalue weighted by molar-refractivity contribution is 6.02. The van der Waals surface area contributed by atoms with E-state index in [4.69, 9.17) is 13.9 Å². The number of benzene rings is 2. The second-order valence-corrected chi connectivity index (χ2v) is 6.48. The number of furan rings is 1. The summed E-state index contributed by atoms with van der Waals surface area (Å²) in [6.45, 7) is 3.50. The third kappa shape index (κ3) is 6.49. The first-order valence-electron chi connectivity index (χ1n) is 9.64. The van der Waals surface area contributed by atoms with Crippen LogP contribution in [0.1, 0.15) is 28.6 Å². The highest BCUT2D eigenvalue weighted by Gasteiger charge is 2.09. The van der Waals surface area contributed by atoms with Gasteiger partial charge in [0.15, 0.2) is 12.4 Å². The van der Waals surface area contributed by atoms with Gasteiger partial charge in [-0.3, -0.25) is 9.59 Å². The van der Waals surface area contributed by atoms with Crippen molar-refractivity contribution in [3.8, 4) is 5.75 Å². The molecular formula is C23H24N2O5. The van der Waals surface area contributed by atoms with Gasteiger partial charge in [-0.2, -0.15) is 0 Å². The van der Waals surface area contributed by atoms with Crippen molar-refractivity contribution in [1.82, 2.24) is 5.32 Å². The first kappa shape index (κ1) is 21.1. The Balaban J connectivity index is 1.43. The summed E-state index contributed by atoms with van der Waals surface area (Å²) in [5.74, 6) is 0.0925. The highest BCUT2D eigenvalue weighted by atomic mass is 16.5. The molecule has 0 spiro atoms. The molecule has 2 aromatic carbocycles. The third-order valence-corrected chi connectivity index (χ3v) is 4.19. The average molecular weight is 408 g/mol. The van der Waals surface area contributed by atoms with E-state index in [-0.39, 0.29) is 24.2 Å². The molecule has 30 heavy (non-hydrogen) atoms. The summed E-state index contributed by atoms with van der Waals surface area (Å²) in [6.07, 6.45) is 1.43. The molecule has 0 fully saturated rings. The van der Waals surface area contributed by atoms with Gasteiger partial charge in [-0.1, -0.05) is 30.3 Å². The summed E-state index contributed by atoms with van der Waals surface area (Å²) in [4.78, 5) is 24.1. The van der Waals surface area contributed by atoms with E-state index in [1.165, 1.54) is 6.26 Å². The Labute approximate surface area is 175 Å². The normalized spacial score (nSPS) is 10.4. The number of anilines is 1. The van der Waals surface area contributed by atoms with E-state index in [1.54, 1.807) is 36.4 Å². The smallest absolute Gasteiger partial charge is 0.291 e. The monoisotopic (exact) mass is 408 g/mol. The zero-order valence-corrected chi connectivity index (χ0v) is 16.7. The van der Waals surface area contributed by atoms with Crippen molar-refractivity contribution in [3.05, 3.63) is 83.8 Å². The fraction of sp³-hybridized carbons (Fsp3) is 0.217. The van der Waals surface area contributed by atoms with Crippen molar-refractivity contribution in [2.75, 3.05) is 18.5 Å². The van der Waals surface area contributed by atoms with Crippen LogP contribution in [0.4, 0.5) is 5.69 Å². The quantitative estimate of drug-likeness (QED) is 0.533. The minimum atomic E-state index is -0.359. The van der Waals surface area contributed by atoms with E-state index in [1.807, 2.05) is 31.2 Å². The van der Waals surface area contributed by atoms with Gasteiger partial charge in [0.2, 0.25) is 0 Å². The first-order chi connectivity index (χ1) is 14.6. The molecule has 0 saturated heterocycles. The Morgan fingerprint density at radius 2 is 1.80 bits per heavy atom. The van der Waals surface area contributed by atoms with E-state index < -0.39 is 0 Å². The minimum absolute atomic E-state index is 0.127. The van der Waals surface area contributed by atoms with Gasteiger partial charge in [0.1, 0.15) is 5.75 Å². The van der Waals surface area contributed by atoms with Gasteiger partial charge in [0.25, 0.3) is 11.8 Å². The second-order valence-electron chi connectivity index (χ2n) is 6.48. The van der Waals surface area contributed by atoms with Crippen LogP contribution < -0.4 is 15.4 Å². The molecule has 0 saturated carbocycles. The van der Waals surface area contributed by atoms with Crippen molar-refractivity contribution in [1.29, 1.82) is 0 Å². The van der Waals surface area contributed by atoms with Crippen LogP contribution in [0.3, 0.4) is 0 Å². The molecule has 2 amide bonds. The zero-order chi connectivity index (χ0) is 21.2. The third-order valence-electron chi connectivity index (χ3n) is 4.19. The van der Waals surface area contributed by atoms with Crippen LogP contribution in [0.2, 0.25) is 0 Å². The number of hydrogen-bond donors (Lipinski definition) is 2.